The Labute approximate surface area is 257 Å². The van der Waals surface area contributed by atoms with E-state index in [4.69, 9.17) is 9.97 Å². The molecule has 0 aliphatic carbocycles. The van der Waals surface area contributed by atoms with E-state index in [-0.39, 0.29) is 10.5 Å². The summed E-state index contributed by atoms with van der Waals surface area (Å²) in [6, 6.07) is 33.2. The summed E-state index contributed by atoms with van der Waals surface area (Å²) in [6.45, 7) is 6.71. The number of nitrogens with zero attached hydrogens (tertiary/aromatic N) is 3. The lowest BCUT2D eigenvalue weighted by Gasteiger charge is -2.15. The number of pyridine rings is 1. The molecule has 7 nitrogen and oxygen atoms in total. The Morgan fingerprint density at radius 1 is 0.773 bits per heavy atom. The number of imidazole rings is 1. The van der Waals surface area contributed by atoms with Crippen molar-refractivity contribution in [3.8, 4) is 22.3 Å². The predicted octanol–water partition coefficient (Wildman–Crippen LogP) is 7.11. The van der Waals surface area contributed by atoms with Crippen LogP contribution in [-0.2, 0) is 23.0 Å². The van der Waals surface area contributed by atoms with Crippen molar-refractivity contribution in [2.24, 2.45) is 0 Å². The van der Waals surface area contributed by atoms with E-state index >= 15 is 0 Å². The average molecular weight is 601 g/mol. The number of rotatable bonds is 8. The number of nitrogens with one attached hydrogen (secondary N) is 1. The van der Waals surface area contributed by atoms with Gasteiger partial charge in [-0.05, 0) is 72.0 Å². The van der Waals surface area contributed by atoms with Gasteiger partial charge in [-0.25, -0.2) is 23.1 Å². The molecule has 44 heavy (non-hydrogen) atoms. The minimum absolute atomic E-state index is 0.0261. The fraction of sp³-hybridized carbons (Fsp3) is 0.139. The third-order valence-electron chi connectivity index (χ3n) is 7.66. The van der Waals surface area contributed by atoms with Crippen LogP contribution in [0.3, 0.4) is 0 Å². The second-order valence-electron chi connectivity index (χ2n) is 10.8. The number of benzene rings is 4. The maximum atomic E-state index is 13.6. The van der Waals surface area contributed by atoms with E-state index in [1.807, 2.05) is 73.7 Å². The molecule has 0 radical (unpaired) electrons. The molecule has 0 saturated heterocycles. The summed E-state index contributed by atoms with van der Waals surface area (Å²) in [5.74, 6) is 0.278. The molecule has 0 unspecified atom stereocenters. The van der Waals surface area contributed by atoms with Crippen LogP contribution in [0.25, 0.3) is 33.4 Å². The van der Waals surface area contributed by atoms with E-state index in [0.29, 0.717) is 12.1 Å². The highest BCUT2D eigenvalue weighted by atomic mass is 32.2. The van der Waals surface area contributed by atoms with Gasteiger partial charge in [-0.2, -0.15) is 0 Å². The summed E-state index contributed by atoms with van der Waals surface area (Å²) in [7, 11) is -4.20. The summed E-state index contributed by atoms with van der Waals surface area (Å²) < 4.78 is 31.7. The van der Waals surface area contributed by atoms with Gasteiger partial charge in [0, 0.05) is 23.2 Å². The summed E-state index contributed by atoms with van der Waals surface area (Å²) in [6.07, 6.45) is 0.773. The standard InChI is InChI=1S/C36H32N4O3S/c1-4-33-38-34-24(2)21-25(3)37-35(34)40(33)23-26-15-17-28(18-16-26)31-22-30(27-11-7-5-8-12-27)19-20-32(31)44(42,43)39-36(41)29-13-9-6-10-14-29/h5-22H,4,23H2,1-3H3,(H,39,41). The Bertz CT molecular complexity index is 2090. The molecule has 0 atom stereocenters. The topological polar surface area (TPSA) is 93.9 Å². The number of fused-ring (bicyclic) bond motifs is 1. The van der Waals surface area contributed by atoms with Crippen LogP contribution in [-0.4, -0.2) is 28.9 Å². The first kappa shape index (κ1) is 29.0. The lowest BCUT2D eigenvalue weighted by molar-refractivity contribution is 0.0981. The number of sulfonamides is 1. The van der Waals surface area contributed by atoms with Crippen molar-refractivity contribution in [2.75, 3.05) is 0 Å². The van der Waals surface area contributed by atoms with Crippen molar-refractivity contribution in [3.63, 3.8) is 0 Å². The van der Waals surface area contributed by atoms with Crippen LogP contribution in [0.1, 0.15) is 39.9 Å². The molecule has 0 aliphatic heterocycles. The second kappa shape index (κ2) is 11.9. The van der Waals surface area contributed by atoms with E-state index in [2.05, 4.69) is 23.1 Å². The van der Waals surface area contributed by atoms with Crippen molar-refractivity contribution in [1.82, 2.24) is 19.3 Å². The zero-order valence-electron chi connectivity index (χ0n) is 24.8. The number of aryl methyl sites for hydroxylation is 3. The van der Waals surface area contributed by atoms with Crippen molar-refractivity contribution in [1.29, 1.82) is 0 Å². The molecular formula is C36H32N4O3S. The van der Waals surface area contributed by atoms with Gasteiger partial charge in [0.2, 0.25) is 0 Å². The van der Waals surface area contributed by atoms with Crippen LogP contribution < -0.4 is 4.72 Å². The maximum absolute atomic E-state index is 13.6. The van der Waals surface area contributed by atoms with E-state index in [1.165, 1.54) is 0 Å². The van der Waals surface area contributed by atoms with Crippen LogP contribution >= 0.6 is 0 Å². The highest BCUT2D eigenvalue weighted by molar-refractivity contribution is 7.90. The van der Waals surface area contributed by atoms with Crippen molar-refractivity contribution < 1.29 is 13.2 Å². The Kier molecular flexibility index (Phi) is 7.84. The number of amides is 1. The van der Waals surface area contributed by atoms with E-state index < -0.39 is 15.9 Å². The molecule has 1 N–H and O–H groups in total. The fourth-order valence-electron chi connectivity index (χ4n) is 5.48. The predicted molar refractivity (Wildman–Crippen MR) is 174 cm³/mol. The normalized spacial score (nSPS) is 11.5. The minimum Gasteiger partial charge on any atom is -0.308 e. The lowest BCUT2D eigenvalue weighted by atomic mass is 9.98. The summed E-state index contributed by atoms with van der Waals surface area (Å²) in [5, 5.41) is 0. The summed E-state index contributed by atoms with van der Waals surface area (Å²) >= 11 is 0. The van der Waals surface area contributed by atoms with Gasteiger partial charge in [0.15, 0.2) is 5.65 Å². The molecule has 0 spiro atoms. The van der Waals surface area contributed by atoms with Gasteiger partial charge in [-0.3, -0.25) is 4.79 Å². The monoisotopic (exact) mass is 600 g/mol. The van der Waals surface area contributed by atoms with Gasteiger partial charge in [0.1, 0.15) is 11.3 Å². The quantitative estimate of drug-likeness (QED) is 0.201. The maximum Gasteiger partial charge on any atom is 0.264 e. The molecular weight excluding hydrogens is 568 g/mol. The van der Waals surface area contributed by atoms with Gasteiger partial charge in [0.05, 0.1) is 11.4 Å². The highest BCUT2D eigenvalue weighted by Crippen LogP contribution is 2.33. The van der Waals surface area contributed by atoms with E-state index in [1.54, 1.807) is 42.5 Å². The highest BCUT2D eigenvalue weighted by Gasteiger charge is 2.23. The van der Waals surface area contributed by atoms with E-state index in [0.717, 1.165) is 56.9 Å². The zero-order valence-corrected chi connectivity index (χ0v) is 25.6. The largest absolute Gasteiger partial charge is 0.308 e. The SMILES string of the molecule is CCc1nc2c(C)cc(C)nc2n1Cc1ccc(-c2cc(-c3ccccc3)ccc2S(=O)(=O)NC(=O)c2ccccc2)cc1. The molecule has 2 heterocycles. The number of carbonyl (C=O) groups excluding carboxylic acids is 1. The third kappa shape index (κ3) is 5.76. The Hall–Kier alpha value is -5.08. The average Bonchev–Trinajstić information content (AvgIpc) is 3.39. The smallest absolute Gasteiger partial charge is 0.264 e. The Balaban J connectivity index is 1.39. The zero-order chi connectivity index (χ0) is 30.8. The molecule has 6 rings (SSSR count). The molecule has 1 amide bonds. The van der Waals surface area contributed by atoms with Crippen LogP contribution in [0.4, 0.5) is 0 Å². The van der Waals surface area contributed by atoms with Gasteiger partial charge < -0.3 is 4.57 Å². The van der Waals surface area contributed by atoms with Crippen molar-refractivity contribution in [3.05, 3.63) is 137 Å². The molecule has 0 bridgehead atoms. The number of hydrogen-bond acceptors (Lipinski definition) is 5. The van der Waals surface area contributed by atoms with Gasteiger partial charge in [-0.15, -0.1) is 0 Å². The van der Waals surface area contributed by atoms with Gasteiger partial charge in [0.25, 0.3) is 15.9 Å². The van der Waals surface area contributed by atoms with Crippen molar-refractivity contribution >= 4 is 27.1 Å². The molecule has 2 aromatic heterocycles. The van der Waals surface area contributed by atoms with Crippen LogP contribution in [0.2, 0.25) is 0 Å². The van der Waals surface area contributed by atoms with Crippen LogP contribution in [0.5, 0.6) is 0 Å². The van der Waals surface area contributed by atoms with Crippen molar-refractivity contribution in [2.45, 2.75) is 38.6 Å². The number of carbonyl (C=O) groups is 1. The van der Waals surface area contributed by atoms with Gasteiger partial charge >= 0.3 is 0 Å². The molecule has 6 aromatic rings. The minimum atomic E-state index is -4.20. The first-order valence-electron chi connectivity index (χ1n) is 14.5. The van der Waals surface area contributed by atoms with Crippen LogP contribution in [0, 0.1) is 13.8 Å². The third-order valence-corrected chi connectivity index (χ3v) is 9.05. The molecule has 220 valence electrons. The first-order valence-corrected chi connectivity index (χ1v) is 16.0. The molecule has 0 fully saturated rings. The lowest BCUT2D eigenvalue weighted by Crippen LogP contribution is -2.30. The molecule has 4 aromatic carbocycles. The second-order valence-corrected chi connectivity index (χ2v) is 12.4. The van der Waals surface area contributed by atoms with Crippen LogP contribution in [0.15, 0.2) is 114 Å². The molecule has 0 aliphatic rings. The summed E-state index contributed by atoms with van der Waals surface area (Å²) in [4.78, 5) is 22.5. The summed E-state index contributed by atoms with van der Waals surface area (Å²) in [5.41, 5.74) is 8.16. The van der Waals surface area contributed by atoms with Gasteiger partial charge in [-0.1, -0.05) is 85.8 Å². The fourth-order valence-corrected chi connectivity index (χ4v) is 6.67. The number of hydrogen-bond donors (Lipinski definition) is 1. The Morgan fingerprint density at radius 2 is 1.43 bits per heavy atom. The molecule has 0 saturated carbocycles. The Morgan fingerprint density at radius 3 is 2.11 bits per heavy atom. The number of aromatic nitrogens is 3. The molecule has 8 heteroatoms. The first-order chi connectivity index (χ1) is 21.2. The van der Waals surface area contributed by atoms with E-state index in [9.17, 15) is 13.2 Å².